The largest absolute Gasteiger partial charge is 0.444 e. The van der Waals surface area contributed by atoms with E-state index in [1.807, 2.05) is 43.9 Å². The van der Waals surface area contributed by atoms with Crippen LogP contribution in [0.5, 0.6) is 0 Å². The van der Waals surface area contributed by atoms with Crippen molar-refractivity contribution < 1.29 is 9.53 Å². The molecule has 0 aromatic heterocycles. The normalized spacial score (nSPS) is 20.6. The highest BCUT2D eigenvalue weighted by Crippen LogP contribution is 2.37. The molecule has 1 aromatic carbocycles. The molecular weight excluding hydrogens is 286 g/mol. The van der Waals surface area contributed by atoms with Crippen LogP contribution in [0.1, 0.15) is 50.8 Å². The number of ether oxygens (including phenoxy) is 1. The molecule has 23 heavy (non-hydrogen) atoms. The van der Waals surface area contributed by atoms with Crippen LogP contribution in [0.2, 0.25) is 0 Å². The van der Waals surface area contributed by atoms with E-state index in [1.165, 1.54) is 11.1 Å². The highest BCUT2D eigenvalue weighted by molar-refractivity contribution is 5.70. The number of carbonyl (C=O) groups excluding carboxylic acids is 1. The van der Waals surface area contributed by atoms with Gasteiger partial charge in [-0.2, -0.15) is 0 Å². The first-order valence-corrected chi connectivity index (χ1v) is 8.18. The smallest absolute Gasteiger partial charge is 0.411 e. The number of amides is 1. The fourth-order valence-corrected chi connectivity index (χ4v) is 3.18. The molecule has 1 aromatic rings. The lowest BCUT2D eigenvalue weighted by Gasteiger charge is -2.43. The van der Waals surface area contributed by atoms with Gasteiger partial charge in [0.15, 0.2) is 0 Å². The van der Waals surface area contributed by atoms with Crippen molar-refractivity contribution in [3.05, 3.63) is 60.7 Å². The Morgan fingerprint density at radius 3 is 2.52 bits per heavy atom. The summed E-state index contributed by atoms with van der Waals surface area (Å²) in [7, 11) is 0. The summed E-state index contributed by atoms with van der Waals surface area (Å²) in [5.41, 5.74) is 1.98. The number of nitrogens with zero attached hydrogens (tertiary/aromatic N) is 1. The maximum absolute atomic E-state index is 12.8. The van der Waals surface area contributed by atoms with Crippen LogP contribution in [0.3, 0.4) is 0 Å². The minimum Gasteiger partial charge on any atom is -0.444 e. The Morgan fingerprint density at radius 2 is 1.91 bits per heavy atom. The highest BCUT2D eigenvalue weighted by atomic mass is 16.6. The quantitative estimate of drug-likeness (QED) is 0.729. The Labute approximate surface area is 139 Å². The molecule has 1 aliphatic rings. The molecule has 0 radical (unpaired) electrons. The van der Waals surface area contributed by atoms with E-state index in [-0.39, 0.29) is 18.2 Å². The molecule has 1 amide bonds. The zero-order chi connectivity index (χ0) is 17.0. The molecule has 0 saturated heterocycles. The SMILES string of the molecule is C=CC[C@@H]1Cc2ccccc2[C@H](CC=C)N1C(=O)OC(C)(C)C. The van der Waals surface area contributed by atoms with Crippen LogP contribution >= 0.6 is 0 Å². The third-order valence-corrected chi connectivity index (χ3v) is 4.03. The van der Waals surface area contributed by atoms with E-state index in [0.717, 1.165) is 12.8 Å². The van der Waals surface area contributed by atoms with Gasteiger partial charge in [0.05, 0.1) is 6.04 Å². The molecule has 1 aliphatic heterocycles. The molecule has 0 saturated carbocycles. The van der Waals surface area contributed by atoms with Crippen LogP contribution in [0.4, 0.5) is 4.79 Å². The summed E-state index contributed by atoms with van der Waals surface area (Å²) in [5, 5.41) is 0. The third kappa shape index (κ3) is 4.04. The number of hydrogen-bond acceptors (Lipinski definition) is 2. The van der Waals surface area contributed by atoms with Crippen molar-refractivity contribution in [2.24, 2.45) is 0 Å². The molecular formula is C20H27NO2. The van der Waals surface area contributed by atoms with E-state index in [9.17, 15) is 4.79 Å². The minimum absolute atomic E-state index is 0.0303. The molecule has 3 nitrogen and oxygen atoms in total. The topological polar surface area (TPSA) is 29.5 Å². The predicted molar refractivity (Wildman–Crippen MR) is 94.4 cm³/mol. The van der Waals surface area contributed by atoms with E-state index >= 15 is 0 Å². The average molecular weight is 313 g/mol. The monoisotopic (exact) mass is 313 g/mol. The van der Waals surface area contributed by atoms with Crippen molar-refractivity contribution in [3.63, 3.8) is 0 Å². The zero-order valence-electron chi connectivity index (χ0n) is 14.4. The van der Waals surface area contributed by atoms with Gasteiger partial charge in [0, 0.05) is 6.04 Å². The van der Waals surface area contributed by atoms with Crippen LogP contribution in [0, 0.1) is 0 Å². The standard InChI is InChI=1S/C20H27NO2/c1-6-10-16-14-15-12-8-9-13-17(15)18(11-7-2)21(16)19(22)23-20(3,4)5/h6-9,12-13,16,18H,1-2,10-11,14H2,3-5H3/t16-,18+/m1/s1. The van der Waals surface area contributed by atoms with Crippen LogP contribution in [0.15, 0.2) is 49.6 Å². The van der Waals surface area contributed by atoms with E-state index in [4.69, 9.17) is 4.74 Å². The van der Waals surface area contributed by atoms with Crippen LogP contribution in [0.25, 0.3) is 0 Å². The molecule has 0 spiro atoms. The Hall–Kier alpha value is -2.03. The van der Waals surface area contributed by atoms with Crippen molar-refractivity contribution in [1.29, 1.82) is 0 Å². The van der Waals surface area contributed by atoms with E-state index in [2.05, 4.69) is 31.4 Å². The van der Waals surface area contributed by atoms with Gasteiger partial charge < -0.3 is 4.74 Å². The summed E-state index contributed by atoms with van der Waals surface area (Å²) in [6.07, 6.45) is 5.78. The number of hydrogen-bond donors (Lipinski definition) is 0. The zero-order valence-corrected chi connectivity index (χ0v) is 14.4. The van der Waals surface area contributed by atoms with E-state index in [0.29, 0.717) is 6.42 Å². The summed E-state index contributed by atoms with van der Waals surface area (Å²) < 4.78 is 5.66. The lowest BCUT2D eigenvalue weighted by atomic mass is 9.86. The summed E-state index contributed by atoms with van der Waals surface area (Å²) in [4.78, 5) is 14.7. The summed E-state index contributed by atoms with van der Waals surface area (Å²) in [6.45, 7) is 13.4. The van der Waals surface area contributed by atoms with Gasteiger partial charge in [-0.25, -0.2) is 4.79 Å². The number of benzene rings is 1. The van der Waals surface area contributed by atoms with Crippen LogP contribution < -0.4 is 0 Å². The van der Waals surface area contributed by atoms with Crippen LogP contribution in [-0.4, -0.2) is 22.6 Å². The lowest BCUT2D eigenvalue weighted by molar-refractivity contribution is 0.00198. The van der Waals surface area contributed by atoms with E-state index < -0.39 is 5.60 Å². The molecule has 0 aliphatic carbocycles. The number of fused-ring (bicyclic) bond motifs is 1. The van der Waals surface area contributed by atoms with Gasteiger partial charge in [-0.3, -0.25) is 4.90 Å². The molecule has 0 N–H and O–H groups in total. The van der Waals surface area contributed by atoms with Crippen molar-refractivity contribution in [2.75, 3.05) is 0 Å². The van der Waals surface area contributed by atoms with Gasteiger partial charge >= 0.3 is 6.09 Å². The third-order valence-electron chi connectivity index (χ3n) is 4.03. The predicted octanol–water partition coefficient (Wildman–Crippen LogP) is 5.04. The van der Waals surface area contributed by atoms with Crippen LogP contribution in [-0.2, 0) is 11.2 Å². The first kappa shape index (κ1) is 17.3. The number of rotatable bonds is 4. The Morgan fingerprint density at radius 1 is 1.26 bits per heavy atom. The first-order chi connectivity index (χ1) is 10.9. The fourth-order valence-electron chi connectivity index (χ4n) is 3.18. The van der Waals surface area contributed by atoms with Crippen molar-refractivity contribution in [1.82, 2.24) is 4.90 Å². The van der Waals surface area contributed by atoms with Gasteiger partial charge in [0.25, 0.3) is 0 Å². The first-order valence-electron chi connectivity index (χ1n) is 8.18. The molecule has 2 atom stereocenters. The Bertz CT molecular complexity index is 586. The second kappa shape index (κ2) is 7.03. The molecule has 124 valence electrons. The maximum Gasteiger partial charge on any atom is 0.411 e. The lowest BCUT2D eigenvalue weighted by Crippen LogP contribution is -2.49. The molecule has 3 heteroatoms. The maximum atomic E-state index is 12.8. The van der Waals surface area contributed by atoms with Gasteiger partial charge in [-0.1, -0.05) is 36.4 Å². The molecule has 0 unspecified atom stereocenters. The summed E-state index contributed by atoms with van der Waals surface area (Å²) in [6, 6.07) is 8.37. The van der Waals surface area contributed by atoms with Gasteiger partial charge in [0.1, 0.15) is 5.60 Å². The molecule has 0 fully saturated rings. The van der Waals surface area contributed by atoms with E-state index in [1.54, 1.807) is 0 Å². The van der Waals surface area contributed by atoms with Gasteiger partial charge in [0.2, 0.25) is 0 Å². The molecule has 1 heterocycles. The van der Waals surface area contributed by atoms with Gasteiger partial charge in [-0.15, -0.1) is 13.2 Å². The second-order valence-electron chi connectivity index (χ2n) is 7.01. The summed E-state index contributed by atoms with van der Waals surface area (Å²) in [5.74, 6) is 0. The van der Waals surface area contributed by atoms with Crippen molar-refractivity contribution in [2.45, 2.75) is 57.7 Å². The number of carbonyl (C=O) groups is 1. The molecule has 0 bridgehead atoms. The van der Waals surface area contributed by atoms with Crippen molar-refractivity contribution >= 4 is 6.09 Å². The van der Waals surface area contributed by atoms with Gasteiger partial charge in [-0.05, 0) is 51.2 Å². The highest BCUT2D eigenvalue weighted by Gasteiger charge is 2.38. The Balaban J connectivity index is 2.42. The fraction of sp³-hybridized carbons (Fsp3) is 0.450. The average Bonchev–Trinajstić information content (AvgIpc) is 2.46. The minimum atomic E-state index is -0.508. The summed E-state index contributed by atoms with van der Waals surface area (Å²) >= 11 is 0. The Kier molecular flexibility index (Phi) is 5.30. The molecule has 2 rings (SSSR count). The second-order valence-corrected chi connectivity index (χ2v) is 7.01. The van der Waals surface area contributed by atoms with Crippen molar-refractivity contribution in [3.8, 4) is 0 Å².